The normalized spacial score (nSPS) is 15.1. The summed E-state index contributed by atoms with van der Waals surface area (Å²) in [5, 5.41) is 11.8. The highest BCUT2D eigenvalue weighted by molar-refractivity contribution is 7.89. The Kier molecular flexibility index (Phi) is 5.74. The molecule has 2 aromatic carbocycles. The zero-order valence-corrected chi connectivity index (χ0v) is 15.5. The van der Waals surface area contributed by atoms with E-state index in [-0.39, 0.29) is 30.4 Å². The molecule has 1 saturated heterocycles. The Bertz CT molecular complexity index is 929. The Morgan fingerprint density at radius 1 is 1.00 bits per heavy atom. The van der Waals surface area contributed by atoms with Crippen LogP contribution in [0.4, 0.5) is 5.69 Å². The number of rotatable bonds is 5. The van der Waals surface area contributed by atoms with Gasteiger partial charge in [-0.05, 0) is 36.4 Å². The molecule has 1 amide bonds. The van der Waals surface area contributed by atoms with Gasteiger partial charge in [0.1, 0.15) is 0 Å². The highest BCUT2D eigenvalue weighted by Crippen LogP contribution is 2.17. The van der Waals surface area contributed by atoms with E-state index < -0.39 is 10.0 Å². The van der Waals surface area contributed by atoms with E-state index in [4.69, 9.17) is 5.26 Å². The lowest BCUT2D eigenvalue weighted by Gasteiger charge is -2.34. The van der Waals surface area contributed by atoms with Crippen molar-refractivity contribution in [3.8, 4) is 6.07 Å². The minimum atomic E-state index is -3.52. The van der Waals surface area contributed by atoms with Crippen LogP contribution in [0.1, 0.15) is 5.56 Å². The number of hydrogen-bond donors (Lipinski definition) is 1. The van der Waals surface area contributed by atoms with Gasteiger partial charge in [-0.2, -0.15) is 9.57 Å². The van der Waals surface area contributed by atoms with Crippen molar-refractivity contribution in [1.29, 1.82) is 5.26 Å². The van der Waals surface area contributed by atoms with Crippen LogP contribution in [0.15, 0.2) is 59.5 Å². The number of amides is 1. The number of carbonyl (C=O) groups excluding carboxylic acids is 1. The van der Waals surface area contributed by atoms with E-state index in [1.165, 1.54) is 4.31 Å². The topological polar surface area (TPSA) is 93.5 Å². The second-order valence-electron chi connectivity index (χ2n) is 6.14. The van der Waals surface area contributed by atoms with Gasteiger partial charge < -0.3 is 10.2 Å². The van der Waals surface area contributed by atoms with Crippen molar-refractivity contribution in [2.24, 2.45) is 0 Å². The molecule has 0 saturated carbocycles. The molecule has 140 valence electrons. The zero-order valence-electron chi connectivity index (χ0n) is 14.7. The van der Waals surface area contributed by atoms with Crippen molar-refractivity contribution < 1.29 is 13.2 Å². The van der Waals surface area contributed by atoms with Crippen LogP contribution in [0.3, 0.4) is 0 Å². The lowest BCUT2D eigenvalue weighted by Crippen LogP contribution is -2.51. The number of benzene rings is 2. The maximum Gasteiger partial charge on any atom is 0.243 e. The van der Waals surface area contributed by atoms with Crippen LogP contribution in [0.2, 0.25) is 0 Å². The molecule has 8 heteroatoms. The fourth-order valence-corrected chi connectivity index (χ4v) is 4.31. The van der Waals surface area contributed by atoms with Gasteiger partial charge in [-0.15, -0.1) is 0 Å². The molecule has 1 aliphatic rings. The number of nitrogens with one attached hydrogen (secondary N) is 1. The van der Waals surface area contributed by atoms with Crippen molar-refractivity contribution in [2.45, 2.75) is 4.90 Å². The van der Waals surface area contributed by atoms with Gasteiger partial charge in [-0.3, -0.25) is 4.79 Å². The monoisotopic (exact) mass is 384 g/mol. The molecule has 2 aromatic rings. The number of nitriles is 1. The van der Waals surface area contributed by atoms with E-state index in [9.17, 15) is 13.2 Å². The predicted octanol–water partition coefficient (Wildman–Crippen LogP) is 1.50. The van der Waals surface area contributed by atoms with Gasteiger partial charge in [0, 0.05) is 31.9 Å². The van der Waals surface area contributed by atoms with Crippen LogP contribution < -0.4 is 5.32 Å². The quantitative estimate of drug-likeness (QED) is 0.843. The lowest BCUT2D eigenvalue weighted by molar-refractivity contribution is -0.130. The minimum Gasteiger partial charge on any atom is -0.376 e. The van der Waals surface area contributed by atoms with Crippen LogP contribution in [0.25, 0.3) is 0 Å². The Hall–Kier alpha value is -2.89. The molecule has 1 N–H and O–H groups in total. The fraction of sp³-hybridized carbons (Fsp3) is 0.263. The molecule has 0 radical (unpaired) electrons. The lowest BCUT2D eigenvalue weighted by atomic mass is 10.2. The highest BCUT2D eigenvalue weighted by atomic mass is 32.2. The SMILES string of the molecule is N#Cc1ccc(NCC(=O)N2CCN(S(=O)(=O)c3ccccc3)CC2)cc1. The molecule has 0 aromatic heterocycles. The van der Waals surface area contributed by atoms with Crippen LogP contribution in [0, 0.1) is 11.3 Å². The molecule has 1 fully saturated rings. The van der Waals surface area contributed by atoms with E-state index in [2.05, 4.69) is 5.32 Å². The summed E-state index contributed by atoms with van der Waals surface area (Å²) in [6, 6.07) is 17.2. The van der Waals surface area contributed by atoms with Crippen molar-refractivity contribution in [1.82, 2.24) is 9.21 Å². The van der Waals surface area contributed by atoms with Gasteiger partial charge in [-0.25, -0.2) is 8.42 Å². The summed E-state index contributed by atoms with van der Waals surface area (Å²) in [4.78, 5) is 14.3. The third-order valence-electron chi connectivity index (χ3n) is 4.43. The molecule has 0 aliphatic carbocycles. The highest BCUT2D eigenvalue weighted by Gasteiger charge is 2.29. The molecule has 0 spiro atoms. The number of anilines is 1. The number of carbonyl (C=O) groups is 1. The number of hydrogen-bond acceptors (Lipinski definition) is 5. The number of piperazine rings is 1. The first-order valence-corrected chi connectivity index (χ1v) is 10.0. The first-order chi connectivity index (χ1) is 13.0. The maximum atomic E-state index is 12.6. The molecule has 3 rings (SSSR count). The fourth-order valence-electron chi connectivity index (χ4n) is 2.87. The molecule has 7 nitrogen and oxygen atoms in total. The molecule has 1 aliphatic heterocycles. The number of sulfonamides is 1. The van der Waals surface area contributed by atoms with Crippen LogP contribution >= 0.6 is 0 Å². The van der Waals surface area contributed by atoms with Crippen molar-refractivity contribution >= 4 is 21.6 Å². The van der Waals surface area contributed by atoms with Crippen LogP contribution in [-0.4, -0.2) is 56.3 Å². The first kappa shape index (κ1) is 18.9. The van der Waals surface area contributed by atoms with E-state index in [0.717, 1.165) is 5.69 Å². The van der Waals surface area contributed by atoms with Crippen LogP contribution in [0.5, 0.6) is 0 Å². The zero-order chi connectivity index (χ0) is 19.3. The molecule has 1 heterocycles. The largest absolute Gasteiger partial charge is 0.376 e. The van der Waals surface area contributed by atoms with Gasteiger partial charge in [0.25, 0.3) is 0 Å². The summed E-state index contributed by atoms with van der Waals surface area (Å²) in [5.74, 6) is -0.0869. The summed E-state index contributed by atoms with van der Waals surface area (Å²) >= 11 is 0. The van der Waals surface area contributed by atoms with Crippen LogP contribution in [-0.2, 0) is 14.8 Å². The Labute approximate surface area is 158 Å². The third kappa shape index (κ3) is 4.45. The summed E-state index contributed by atoms with van der Waals surface area (Å²) in [6.07, 6.45) is 0. The van der Waals surface area contributed by atoms with Crippen molar-refractivity contribution in [3.05, 3.63) is 60.2 Å². The standard InChI is InChI=1S/C19H20N4O3S/c20-14-16-6-8-17(9-7-16)21-15-19(24)22-10-12-23(13-11-22)27(25,26)18-4-2-1-3-5-18/h1-9,21H,10-13,15H2. The first-order valence-electron chi connectivity index (χ1n) is 8.58. The molecular formula is C19H20N4O3S. The van der Waals surface area contributed by atoms with Gasteiger partial charge in [0.2, 0.25) is 15.9 Å². The minimum absolute atomic E-state index is 0.0869. The van der Waals surface area contributed by atoms with E-state index in [1.54, 1.807) is 59.5 Å². The molecule has 0 atom stereocenters. The van der Waals surface area contributed by atoms with E-state index in [0.29, 0.717) is 18.7 Å². The summed E-state index contributed by atoms with van der Waals surface area (Å²) in [6.45, 7) is 1.40. The Morgan fingerprint density at radius 3 is 2.22 bits per heavy atom. The Morgan fingerprint density at radius 2 is 1.63 bits per heavy atom. The number of nitrogens with zero attached hydrogens (tertiary/aromatic N) is 3. The smallest absolute Gasteiger partial charge is 0.243 e. The second kappa shape index (κ2) is 8.20. The van der Waals surface area contributed by atoms with E-state index in [1.807, 2.05) is 6.07 Å². The maximum absolute atomic E-state index is 12.6. The average molecular weight is 384 g/mol. The van der Waals surface area contributed by atoms with Gasteiger partial charge in [-0.1, -0.05) is 18.2 Å². The van der Waals surface area contributed by atoms with Gasteiger partial charge in [0.15, 0.2) is 0 Å². The van der Waals surface area contributed by atoms with Crippen molar-refractivity contribution in [3.63, 3.8) is 0 Å². The summed E-state index contributed by atoms with van der Waals surface area (Å²) in [5.41, 5.74) is 1.32. The second-order valence-corrected chi connectivity index (χ2v) is 8.08. The average Bonchev–Trinajstić information content (AvgIpc) is 2.73. The third-order valence-corrected chi connectivity index (χ3v) is 6.34. The predicted molar refractivity (Wildman–Crippen MR) is 101 cm³/mol. The summed E-state index contributed by atoms with van der Waals surface area (Å²) < 4.78 is 26.6. The van der Waals surface area contributed by atoms with Gasteiger partial charge in [0.05, 0.1) is 23.1 Å². The van der Waals surface area contributed by atoms with Gasteiger partial charge >= 0.3 is 0 Å². The summed E-state index contributed by atoms with van der Waals surface area (Å²) in [7, 11) is -3.52. The molecule has 27 heavy (non-hydrogen) atoms. The molecule has 0 bridgehead atoms. The van der Waals surface area contributed by atoms with E-state index >= 15 is 0 Å². The molecule has 0 unspecified atom stereocenters. The Balaban J connectivity index is 1.52. The van der Waals surface area contributed by atoms with Crippen molar-refractivity contribution in [2.75, 3.05) is 38.0 Å². The molecular weight excluding hydrogens is 364 g/mol.